The van der Waals surface area contributed by atoms with Gasteiger partial charge < -0.3 is 21.1 Å². The van der Waals surface area contributed by atoms with E-state index < -0.39 is 0 Å². The van der Waals surface area contributed by atoms with Gasteiger partial charge in [0, 0.05) is 35.4 Å². The molecule has 0 saturated heterocycles. The molecule has 0 saturated carbocycles. The Morgan fingerprint density at radius 3 is 2.73 bits per heavy atom. The number of pyridine rings is 1. The van der Waals surface area contributed by atoms with Gasteiger partial charge in [-0.2, -0.15) is 0 Å². The number of benzene rings is 2. The van der Waals surface area contributed by atoms with Crippen LogP contribution in [0, 0.1) is 6.92 Å². The highest BCUT2D eigenvalue weighted by molar-refractivity contribution is 6.32. The molecule has 0 bridgehead atoms. The van der Waals surface area contributed by atoms with Gasteiger partial charge in [0.2, 0.25) is 5.91 Å². The first kappa shape index (κ1) is 22.4. The standard InChI is InChI=1S/C24H23ClN6O2/c1-15-3-2-4-18(29-15)13-33-22-8-6-17(12-20(22)25)31-24-19-11-16(30-23(32)9-10-26)5-7-21(19)27-14-28-24/h2-8,11-12,14H,9-10,13,26H2,1H3,(H,30,32)(H,27,28,31). The normalized spacial score (nSPS) is 10.8. The number of nitrogens with one attached hydrogen (secondary N) is 2. The fourth-order valence-electron chi connectivity index (χ4n) is 3.25. The van der Waals surface area contributed by atoms with E-state index in [9.17, 15) is 4.79 Å². The van der Waals surface area contributed by atoms with Gasteiger partial charge in [0.1, 0.15) is 24.5 Å². The maximum Gasteiger partial charge on any atom is 0.225 e. The van der Waals surface area contributed by atoms with Crippen molar-refractivity contribution in [1.82, 2.24) is 15.0 Å². The van der Waals surface area contributed by atoms with Crippen molar-refractivity contribution >= 4 is 45.6 Å². The third-order valence-electron chi connectivity index (χ3n) is 4.81. The zero-order valence-electron chi connectivity index (χ0n) is 18.0. The van der Waals surface area contributed by atoms with E-state index in [1.165, 1.54) is 6.33 Å². The molecule has 0 radical (unpaired) electrons. The Morgan fingerprint density at radius 2 is 1.94 bits per heavy atom. The first-order valence-corrected chi connectivity index (χ1v) is 10.8. The summed E-state index contributed by atoms with van der Waals surface area (Å²) in [7, 11) is 0. The van der Waals surface area contributed by atoms with Crippen LogP contribution in [0.2, 0.25) is 5.02 Å². The van der Waals surface area contributed by atoms with Gasteiger partial charge >= 0.3 is 0 Å². The van der Waals surface area contributed by atoms with E-state index in [0.717, 1.165) is 28.0 Å². The number of nitrogens with zero attached hydrogens (tertiary/aromatic N) is 3. The Labute approximate surface area is 196 Å². The summed E-state index contributed by atoms with van der Waals surface area (Å²) in [6.07, 6.45) is 1.73. The van der Waals surface area contributed by atoms with Crippen molar-refractivity contribution in [3.05, 3.63) is 77.3 Å². The number of ether oxygens (including phenoxy) is 1. The van der Waals surface area contributed by atoms with Crippen LogP contribution in [-0.2, 0) is 11.4 Å². The summed E-state index contributed by atoms with van der Waals surface area (Å²) in [4.78, 5) is 25.0. The van der Waals surface area contributed by atoms with E-state index in [1.54, 1.807) is 18.2 Å². The third-order valence-corrected chi connectivity index (χ3v) is 5.10. The SMILES string of the molecule is Cc1cccc(COc2ccc(Nc3ncnc4ccc(NC(=O)CCN)cc34)cc2Cl)n1. The van der Waals surface area contributed by atoms with Crippen molar-refractivity contribution in [2.24, 2.45) is 5.73 Å². The molecule has 168 valence electrons. The topological polar surface area (TPSA) is 115 Å². The maximum absolute atomic E-state index is 11.9. The van der Waals surface area contributed by atoms with Crippen molar-refractivity contribution in [3.63, 3.8) is 0 Å². The molecule has 0 aliphatic carbocycles. The molecular formula is C24H23ClN6O2. The molecule has 2 aromatic heterocycles. The summed E-state index contributed by atoms with van der Waals surface area (Å²) in [5.74, 6) is 0.998. The summed E-state index contributed by atoms with van der Waals surface area (Å²) >= 11 is 6.45. The predicted octanol–water partition coefficient (Wildman–Crippen LogP) is 4.60. The van der Waals surface area contributed by atoms with Gasteiger partial charge in [0.05, 0.1) is 16.2 Å². The van der Waals surface area contributed by atoms with Crippen molar-refractivity contribution in [2.45, 2.75) is 20.0 Å². The first-order valence-electron chi connectivity index (χ1n) is 10.4. The zero-order chi connectivity index (χ0) is 23.2. The Kier molecular flexibility index (Phi) is 6.97. The molecule has 0 aliphatic rings. The van der Waals surface area contributed by atoms with Crippen molar-refractivity contribution in [1.29, 1.82) is 0 Å². The lowest BCUT2D eigenvalue weighted by molar-refractivity contribution is -0.116. The number of aryl methyl sites for hydroxylation is 1. The summed E-state index contributed by atoms with van der Waals surface area (Å²) in [5.41, 5.74) is 9.32. The van der Waals surface area contributed by atoms with E-state index in [2.05, 4.69) is 25.6 Å². The number of aromatic nitrogens is 3. The number of halogens is 1. The van der Waals surface area contributed by atoms with E-state index >= 15 is 0 Å². The van der Waals surface area contributed by atoms with Crippen LogP contribution in [0.4, 0.5) is 17.2 Å². The molecule has 0 atom stereocenters. The predicted molar refractivity (Wildman–Crippen MR) is 130 cm³/mol. The minimum absolute atomic E-state index is 0.147. The summed E-state index contributed by atoms with van der Waals surface area (Å²) < 4.78 is 5.83. The van der Waals surface area contributed by atoms with Crippen LogP contribution >= 0.6 is 11.6 Å². The van der Waals surface area contributed by atoms with Crippen LogP contribution in [-0.4, -0.2) is 27.4 Å². The Balaban J connectivity index is 1.51. The van der Waals surface area contributed by atoms with Gasteiger partial charge in [-0.05, 0) is 55.5 Å². The fraction of sp³-hybridized carbons (Fsp3) is 0.167. The maximum atomic E-state index is 11.9. The summed E-state index contributed by atoms with van der Waals surface area (Å²) in [6.45, 7) is 2.55. The van der Waals surface area contributed by atoms with Gasteiger partial charge in [-0.25, -0.2) is 9.97 Å². The molecule has 2 aromatic carbocycles. The molecule has 0 aliphatic heterocycles. The summed E-state index contributed by atoms with van der Waals surface area (Å²) in [6, 6.07) is 16.6. The quantitative estimate of drug-likeness (QED) is 0.350. The molecule has 0 spiro atoms. The first-order chi connectivity index (χ1) is 16.0. The minimum Gasteiger partial charge on any atom is -0.486 e. The number of carbonyl (C=O) groups excluding carboxylic acids is 1. The van der Waals surface area contributed by atoms with Crippen LogP contribution < -0.4 is 21.1 Å². The average Bonchev–Trinajstić information content (AvgIpc) is 2.79. The highest BCUT2D eigenvalue weighted by Crippen LogP contribution is 2.31. The van der Waals surface area contributed by atoms with E-state index in [4.69, 9.17) is 22.1 Å². The molecule has 1 amide bonds. The smallest absolute Gasteiger partial charge is 0.225 e. The van der Waals surface area contributed by atoms with Gasteiger partial charge in [0.25, 0.3) is 0 Å². The second kappa shape index (κ2) is 10.2. The molecule has 33 heavy (non-hydrogen) atoms. The number of hydrogen-bond acceptors (Lipinski definition) is 7. The van der Waals surface area contributed by atoms with Crippen molar-refractivity contribution < 1.29 is 9.53 Å². The molecule has 0 fully saturated rings. The van der Waals surface area contributed by atoms with Gasteiger partial charge in [-0.15, -0.1) is 0 Å². The number of rotatable bonds is 8. The van der Waals surface area contributed by atoms with Crippen LogP contribution in [0.25, 0.3) is 10.9 Å². The van der Waals surface area contributed by atoms with Crippen LogP contribution in [0.15, 0.2) is 60.9 Å². The lowest BCUT2D eigenvalue weighted by Crippen LogP contribution is -2.16. The molecule has 0 unspecified atom stereocenters. The van der Waals surface area contributed by atoms with Crippen LogP contribution in [0.1, 0.15) is 17.8 Å². The van der Waals surface area contributed by atoms with Gasteiger partial charge in [-0.3, -0.25) is 9.78 Å². The van der Waals surface area contributed by atoms with Crippen molar-refractivity contribution in [2.75, 3.05) is 17.2 Å². The fourth-order valence-corrected chi connectivity index (χ4v) is 3.49. The molecule has 8 nitrogen and oxygen atoms in total. The number of anilines is 3. The summed E-state index contributed by atoms with van der Waals surface area (Å²) in [5, 5.41) is 7.31. The van der Waals surface area contributed by atoms with E-state index in [-0.39, 0.29) is 18.9 Å². The average molecular weight is 463 g/mol. The molecule has 4 aromatic rings. The van der Waals surface area contributed by atoms with Crippen LogP contribution in [0.3, 0.4) is 0 Å². The van der Waals surface area contributed by atoms with E-state index in [1.807, 2.05) is 43.3 Å². The van der Waals surface area contributed by atoms with Gasteiger partial charge in [0.15, 0.2) is 0 Å². The third kappa shape index (κ3) is 5.74. The van der Waals surface area contributed by atoms with Gasteiger partial charge in [-0.1, -0.05) is 17.7 Å². The lowest BCUT2D eigenvalue weighted by Gasteiger charge is -2.12. The molecule has 4 N–H and O–H groups in total. The number of amides is 1. The Bertz CT molecular complexity index is 1300. The Morgan fingerprint density at radius 1 is 1.09 bits per heavy atom. The Hall–Kier alpha value is -3.75. The minimum atomic E-state index is -0.147. The monoisotopic (exact) mass is 462 g/mol. The lowest BCUT2D eigenvalue weighted by atomic mass is 10.2. The molecule has 9 heteroatoms. The largest absolute Gasteiger partial charge is 0.486 e. The highest BCUT2D eigenvalue weighted by Gasteiger charge is 2.10. The molecule has 2 heterocycles. The van der Waals surface area contributed by atoms with E-state index in [0.29, 0.717) is 28.9 Å². The second-order valence-corrected chi connectivity index (χ2v) is 7.78. The number of carbonyl (C=O) groups is 1. The molecular weight excluding hydrogens is 440 g/mol. The van der Waals surface area contributed by atoms with Crippen molar-refractivity contribution in [3.8, 4) is 5.75 Å². The number of fused-ring (bicyclic) bond motifs is 1. The highest BCUT2D eigenvalue weighted by atomic mass is 35.5. The number of hydrogen-bond donors (Lipinski definition) is 3. The van der Waals surface area contributed by atoms with Crippen LogP contribution in [0.5, 0.6) is 5.75 Å². The zero-order valence-corrected chi connectivity index (χ0v) is 18.8. The molecule has 4 rings (SSSR count). The second-order valence-electron chi connectivity index (χ2n) is 7.37. The number of nitrogens with two attached hydrogens (primary N) is 1.